The highest BCUT2D eigenvalue weighted by Crippen LogP contribution is 2.19. The van der Waals surface area contributed by atoms with Gasteiger partial charge in [-0.25, -0.2) is 4.39 Å². The third-order valence-electron chi connectivity index (χ3n) is 2.50. The van der Waals surface area contributed by atoms with Crippen LogP contribution in [0.15, 0.2) is 51.4 Å². The number of halogens is 3. The minimum absolute atomic E-state index is 0.00534. The molecule has 0 unspecified atom stereocenters. The third-order valence-corrected chi connectivity index (χ3v) is 3.52. The lowest BCUT2D eigenvalue weighted by Crippen LogP contribution is -2.22. The van der Waals surface area contributed by atoms with Crippen molar-refractivity contribution in [1.82, 2.24) is 0 Å². The molecular weight excluding hydrogens is 391 g/mol. The fraction of sp³-hybridized carbons (Fsp3) is 0.0714. The van der Waals surface area contributed by atoms with Gasteiger partial charge in [-0.1, -0.05) is 31.9 Å². The fourth-order valence-electron chi connectivity index (χ4n) is 1.55. The second kappa shape index (κ2) is 6.85. The molecule has 0 aliphatic heterocycles. The lowest BCUT2D eigenvalue weighted by atomic mass is 10.3. The number of hydrogen-bond donors (Lipinski definition) is 2. The molecule has 2 N–H and O–H groups in total. The van der Waals surface area contributed by atoms with Crippen LogP contribution in [0, 0.1) is 5.82 Å². The summed E-state index contributed by atoms with van der Waals surface area (Å²) in [4.78, 5) is 11.7. The van der Waals surface area contributed by atoms with E-state index in [2.05, 4.69) is 42.5 Å². The Bertz CT molecular complexity index is 617. The highest BCUT2D eigenvalue weighted by atomic mass is 79.9. The number of nitrogens with one attached hydrogen (secondary N) is 2. The van der Waals surface area contributed by atoms with Crippen molar-refractivity contribution in [2.75, 3.05) is 17.2 Å². The molecule has 0 heterocycles. The third kappa shape index (κ3) is 4.31. The van der Waals surface area contributed by atoms with Crippen molar-refractivity contribution in [2.24, 2.45) is 0 Å². The molecule has 2 aromatic rings. The van der Waals surface area contributed by atoms with Crippen LogP contribution in [-0.4, -0.2) is 12.5 Å². The van der Waals surface area contributed by atoms with E-state index in [0.29, 0.717) is 15.8 Å². The average molecular weight is 402 g/mol. The lowest BCUT2D eigenvalue weighted by Gasteiger charge is -2.09. The van der Waals surface area contributed by atoms with E-state index < -0.39 is 5.82 Å². The number of anilines is 2. The molecule has 0 spiro atoms. The highest BCUT2D eigenvalue weighted by Gasteiger charge is 2.06. The van der Waals surface area contributed by atoms with Gasteiger partial charge in [-0.2, -0.15) is 0 Å². The van der Waals surface area contributed by atoms with Gasteiger partial charge in [-0.05, 0) is 42.5 Å². The Morgan fingerprint density at radius 1 is 1.05 bits per heavy atom. The van der Waals surface area contributed by atoms with E-state index in [0.717, 1.165) is 4.47 Å². The normalized spacial score (nSPS) is 10.2. The first-order chi connectivity index (χ1) is 9.54. The van der Waals surface area contributed by atoms with E-state index in [1.807, 2.05) is 12.1 Å². The molecule has 0 aromatic heterocycles. The molecular formula is C14H11Br2FN2O. The smallest absolute Gasteiger partial charge is 0.243 e. The van der Waals surface area contributed by atoms with E-state index in [1.54, 1.807) is 24.3 Å². The highest BCUT2D eigenvalue weighted by molar-refractivity contribution is 9.10. The molecule has 1 amide bonds. The first-order valence-corrected chi connectivity index (χ1v) is 7.37. The van der Waals surface area contributed by atoms with Gasteiger partial charge in [0.05, 0.1) is 12.2 Å². The predicted octanol–water partition coefficient (Wildman–Crippen LogP) is 4.40. The molecule has 0 bridgehead atoms. The summed E-state index contributed by atoms with van der Waals surface area (Å²) in [6, 6.07) is 11.8. The van der Waals surface area contributed by atoms with Gasteiger partial charge in [-0.3, -0.25) is 4.79 Å². The number of carbonyl (C=O) groups is 1. The molecule has 0 fully saturated rings. The first kappa shape index (κ1) is 15.0. The number of hydrogen-bond acceptors (Lipinski definition) is 2. The van der Waals surface area contributed by atoms with Gasteiger partial charge in [0.2, 0.25) is 5.91 Å². The van der Waals surface area contributed by atoms with Gasteiger partial charge in [0.15, 0.2) is 0 Å². The Morgan fingerprint density at radius 3 is 2.35 bits per heavy atom. The monoisotopic (exact) mass is 400 g/mol. The van der Waals surface area contributed by atoms with Gasteiger partial charge in [0.1, 0.15) is 5.82 Å². The maximum atomic E-state index is 13.5. The number of amides is 1. The SMILES string of the molecule is O=C(CNc1ccc(Br)cc1F)Nc1ccc(Br)cc1. The fourth-order valence-corrected chi connectivity index (χ4v) is 2.14. The predicted molar refractivity (Wildman–Crippen MR) is 85.4 cm³/mol. The van der Waals surface area contributed by atoms with Gasteiger partial charge < -0.3 is 10.6 Å². The standard InChI is InChI=1S/C14H11Br2FN2O/c15-9-1-4-11(5-2-9)19-14(20)8-18-13-6-3-10(16)7-12(13)17/h1-7,18H,8H2,(H,19,20). The van der Waals surface area contributed by atoms with Crippen LogP contribution < -0.4 is 10.6 Å². The van der Waals surface area contributed by atoms with Crippen molar-refractivity contribution >= 4 is 49.1 Å². The van der Waals surface area contributed by atoms with Crippen molar-refractivity contribution in [3.8, 4) is 0 Å². The summed E-state index contributed by atoms with van der Waals surface area (Å²) >= 11 is 6.49. The average Bonchev–Trinajstić information content (AvgIpc) is 2.40. The maximum Gasteiger partial charge on any atom is 0.243 e. The number of rotatable bonds is 4. The molecule has 3 nitrogen and oxygen atoms in total. The molecule has 0 aliphatic rings. The second-order valence-electron chi connectivity index (χ2n) is 4.03. The number of benzene rings is 2. The van der Waals surface area contributed by atoms with E-state index in [1.165, 1.54) is 6.07 Å². The van der Waals surface area contributed by atoms with Crippen molar-refractivity contribution in [3.05, 3.63) is 57.2 Å². The van der Waals surface area contributed by atoms with Crippen LogP contribution in [0.2, 0.25) is 0 Å². The topological polar surface area (TPSA) is 41.1 Å². The van der Waals surface area contributed by atoms with E-state index >= 15 is 0 Å². The quantitative estimate of drug-likeness (QED) is 0.797. The van der Waals surface area contributed by atoms with Crippen LogP contribution in [0.25, 0.3) is 0 Å². The van der Waals surface area contributed by atoms with Gasteiger partial charge in [-0.15, -0.1) is 0 Å². The van der Waals surface area contributed by atoms with E-state index in [-0.39, 0.29) is 12.5 Å². The van der Waals surface area contributed by atoms with Crippen LogP contribution in [0.1, 0.15) is 0 Å². The second-order valence-corrected chi connectivity index (χ2v) is 5.86. The van der Waals surface area contributed by atoms with Crippen molar-refractivity contribution < 1.29 is 9.18 Å². The Kier molecular flexibility index (Phi) is 5.14. The molecule has 0 atom stereocenters. The molecule has 2 rings (SSSR count). The zero-order valence-corrected chi connectivity index (χ0v) is 13.5. The minimum Gasteiger partial charge on any atom is -0.374 e. The van der Waals surface area contributed by atoms with E-state index in [9.17, 15) is 9.18 Å². The van der Waals surface area contributed by atoms with Crippen molar-refractivity contribution in [3.63, 3.8) is 0 Å². The van der Waals surface area contributed by atoms with Gasteiger partial charge >= 0.3 is 0 Å². The van der Waals surface area contributed by atoms with Crippen molar-refractivity contribution in [1.29, 1.82) is 0 Å². The lowest BCUT2D eigenvalue weighted by molar-refractivity contribution is -0.114. The molecule has 0 saturated carbocycles. The molecule has 20 heavy (non-hydrogen) atoms. The van der Waals surface area contributed by atoms with Crippen LogP contribution in [-0.2, 0) is 4.79 Å². The Morgan fingerprint density at radius 2 is 1.70 bits per heavy atom. The van der Waals surface area contributed by atoms with Crippen LogP contribution >= 0.6 is 31.9 Å². The van der Waals surface area contributed by atoms with Crippen LogP contribution in [0.3, 0.4) is 0 Å². The molecule has 0 radical (unpaired) electrons. The molecule has 6 heteroatoms. The largest absolute Gasteiger partial charge is 0.374 e. The van der Waals surface area contributed by atoms with E-state index in [4.69, 9.17) is 0 Å². The molecule has 0 saturated heterocycles. The molecule has 104 valence electrons. The van der Waals surface area contributed by atoms with Gasteiger partial charge in [0.25, 0.3) is 0 Å². The molecule has 0 aliphatic carbocycles. The van der Waals surface area contributed by atoms with Crippen LogP contribution in [0.4, 0.5) is 15.8 Å². The Hall–Kier alpha value is -1.40. The summed E-state index contributed by atoms with van der Waals surface area (Å²) in [5.41, 5.74) is 0.982. The summed E-state index contributed by atoms with van der Waals surface area (Å²) in [7, 11) is 0. The summed E-state index contributed by atoms with van der Waals surface area (Å²) in [6.07, 6.45) is 0. The Balaban J connectivity index is 1.90. The molecule has 2 aromatic carbocycles. The zero-order chi connectivity index (χ0) is 14.5. The Labute approximate surface area is 132 Å². The zero-order valence-electron chi connectivity index (χ0n) is 10.3. The number of carbonyl (C=O) groups excluding carboxylic acids is 1. The first-order valence-electron chi connectivity index (χ1n) is 5.79. The summed E-state index contributed by atoms with van der Waals surface area (Å²) in [6.45, 7) is -0.00534. The summed E-state index contributed by atoms with van der Waals surface area (Å²) < 4.78 is 15.1. The minimum atomic E-state index is -0.407. The van der Waals surface area contributed by atoms with Crippen LogP contribution in [0.5, 0.6) is 0 Å². The summed E-state index contributed by atoms with van der Waals surface area (Å²) in [5, 5.41) is 5.47. The maximum absolute atomic E-state index is 13.5. The van der Waals surface area contributed by atoms with Gasteiger partial charge in [0, 0.05) is 14.6 Å². The summed E-state index contributed by atoms with van der Waals surface area (Å²) in [5.74, 6) is -0.648. The van der Waals surface area contributed by atoms with Crippen molar-refractivity contribution in [2.45, 2.75) is 0 Å².